The Labute approximate surface area is 151 Å². The van der Waals surface area contributed by atoms with E-state index >= 15 is 0 Å². The van der Waals surface area contributed by atoms with Crippen LogP contribution in [0.2, 0.25) is 0 Å². The minimum atomic E-state index is -0.848. The summed E-state index contributed by atoms with van der Waals surface area (Å²) < 4.78 is 10.9. The van der Waals surface area contributed by atoms with Crippen molar-refractivity contribution in [3.8, 4) is 5.75 Å². The number of piperidine rings is 1. The lowest BCUT2D eigenvalue weighted by molar-refractivity contribution is -0.143. The molecule has 26 heavy (non-hydrogen) atoms. The lowest BCUT2D eigenvalue weighted by Crippen LogP contribution is -2.42. The van der Waals surface area contributed by atoms with Crippen molar-refractivity contribution in [1.82, 2.24) is 10.1 Å². The molecular formula is C19H22N2O5. The molecule has 0 spiro atoms. The SMILES string of the molecule is Cc1noc(C)c1COc1cccc(C(=O)N2CCC[C@@H](C(=O)O)C2)c1. The number of rotatable bonds is 5. The van der Waals surface area contributed by atoms with Crippen LogP contribution >= 0.6 is 0 Å². The number of ether oxygens (including phenoxy) is 1. The molecule has 0 radical (unpaired) electrons. The molecule has 1 amide bonds. The monoisotopic (exact) mass is 358 g/mol. The Balaban J connectivity index is 1.68. The molecule has 138 valence electrons. The first-order valence-electron chi connectivity index (χ1n) is 8.62. The third-order valence-electron chi connectivity index (χ3n) is 4.70. The number of nitrogens with zero attached hydrogens (tertiary/aromatic N) is 2. The molecule has 7 nitrogen and oxygen atoms in total. The van der Waals surface area contributed by atoms with Gasteiger partial charge < -0.3 is 19.3 Å². The van der Waals surface area contributed by atoms with Crippen LogP contribution in [-0.4, -0.2) is 40.1 Å². The van der Waals surface area contributed by atoms with Crippen LogP contribution in [-0.2, 0) is 11.4 Å². The average molecular weight is 358 g/mol. The van der Waals surface area contributed by atoms with Crippen LogP contribution in [0.5, 0.6) is 5.75 Å². The number of amides is 1. The number of benzene rings is 1. The van der Waals surface area contributed by atoms with Crippen molar-refractivity contribution < 1.29 is 24.0 Å². The number of aliphatic carboxylic acids is 1. The van der Waals surface area contributed by atoms with Gasteiger partial charge in [0.05, 0.1) is 17.2 Å². The van der Waals surface area contributed by atoms with Gasteiger partial charge in [-0.25, -0.2) is 0 Å². The lowest BCUT2D eigenvalue weighted by Gasteiger charge is -2.30. The number of hydrogen-bond donors (Lipinski definition) is 1. The molecule has 0 bridgehead atoms. The van der Waals surface area contributed by atoms with Crippen molar-refractivity contribution in [2.45, 2.75) is 33.3 Å². The van der Waals surface area contributed by atoms with E-state index in [9.17, 15) is 14.7 Å². The molecule has 7 heteroatoms. The predicted molar refractivity (Wildman–Crippen MR) is 93.0 cm³/mol. The van der Waals surface area contributed by atoms with Gasteiger partial charge in [0.1, 0.15) is 18.1 Å². The maximum Gasteiger partial charge on any atom is 0.308 e. The second-order valence-corrected chi connectivity index (χ2v) is 6.55. The third kappa shape index (κ3) is 3.87. The molecule has 0 unspecified atom stereocenters. The van der Waals surface area contributed by atoms with Crippen molar-refractivity contribution in [2.24, 2.45) is 5.92 Å². The first kappa shape index (κ1) is 18.0. The summed E-state index contributed by atoms with van der Waals surface area (Å²) in [5.74, 6) is -0.227. The number of carbonyl (C=O) groups excluding carboxylic acids is 1. The second-order valence-electron chi connectivity index (χ2n) is 6.55. The smallest absolute Gasteiger partial charge is 0.308 e. The Morgan fingerprint density at radius 3 is 2.88 bits per heavy atom. The number of carboxylic acid groups (broad SMARTS) is 1. The highest BCUT2D eigenvalue weighted by Crippen LogP contribution is 2.22. The predicted octanol–water partition coefficient (Wildman–Crippen LogP) is 2.81. The molecule has 1 fully saturated rings. The van der Waals surface area contributed by atoms with Gasteiger partial charge >= 0.3 is 5.97 Å². The fourth-order valence-corrected chi connectivity index (χ4v) is 3.13. The van der Waals surface area contributed by atoms with E-state index in [-0.39, 0.29) is 12.5 Å². The van der Waals surface area contributed by atoms with E-state index in [1.807, 2.05) is 13.8 Å². The van der Waals surface area contributed by atoms with Crippen molar-refractivity contribution in [2.75, 3.05) is 13.1 Å². The highest BCUT2D eigenvalue weighted by Gasteiger charge is 2.28. The number of likely N-dealkylation sites (tertiary alicyclic amines) is 1. The molecule has 3 rings (SSSR count). The fourth-order valence-electron chi connectivity index (χ4n) is 3.13. The van der Waals surface area contributed by atoms with Gasteiger partial charge in [-0.05, 0) is 44.9 Å². The summed E-state index contributed by atoms with van der Waals surface area (Å²) in [6.07, 6.45) is 1.31. The highest BCUT2D eigenvalue weighted by atomic mass is 16.5. The van der Waals surface area contributed by atoms with Crippen LogP contribution in [0, 0.1) is 19.8 Å². The number of aromatic nitrogens is 1. The van der Waals surface area contributed by atoms with E-state index < -0.39 is 11.9 Å². The number of aryl methyl sites for hydroxylation is 2. The minimum Gasteiger partial charge on any atom is -0.489 e. The maximum atomic E-state index is 12.7. The molecule has 1 aliphatic rings. The highest BCUT2D eigenvalue weighted by molar-refractivity contribution is 5.95. The largest absolute Gasteiger partial charge is 0.489 e. The Bertz CT molecular complexity index is 795. The van der Waals surface area contributed by atoms with Crippen LogP contribution < -0.4 is 4.74 Å². The van der Waals surface area contributed by atoms with Crippen LogP contribution in [0.4, 0.5) is 0 Å². The molecule has 1 aliphatic heterocycles. The molecule has 0 saturated carbocycles. The van der Waals surface area contributed by atoms with E-state index in [2.05, 4.69) is 5.16 Å². The summed E-state index contributed by atoms with van der Waals surface area (Å²) in [4.78, 5) is 25.5. The number of carboxylic acids is 1. The van der Waals surface area contributed by atoms with E-state index in [1.54, 1.807) is 29.2 Å². The van der Waals surface area contributed by atoms with Crippen molar-refractivity contribution in [1.29, 1.82) is 0 Å². The zero-order chi connectivity index (χ0) is 18.7. The van der Waals surface area contributed by atoms with Crippen LogP contribution in [0.25, 0.3) is 0 Å². The fraction of sp³-hybridized carbons (Fsp3) is 0.421. The third-order valence-corrected chi connectivity index (χ3v) is 4.70. The summed E-state index contributed by atoms with van der Waals surface area (Å²) in [7, 11) is 0. The molecule has 1 N–H and O–H groups in total. The quantitative estimate of drug-likeness (QED) is 0.883. The molecule has 2 heterocycles. The van der Waals surface area contributed by atoms with Gasteiger partial charge in [0, 0.05) is 18.7 Å². The topological polar surface area (TPSA) is 92.9 Å². The molecular weight excluding hydrogens is 336 g/mol. The van der Waals surface area contributed by atoms with Gasteiger partial charge in [-0.1, -0.05) is 11.2 Å². The maximum absolute atomic E-state index is 12.7. The van der Waals surface area contributed by atoms with E-state index in [0.29, 0.717) is 43.1 Å². The number of carbonyl (C=O) groups is 2. The van der Waals surface area contributed by atoms with E-state index in [4.69, 9.17) is 9.26 Å². The molecule has 1 aromatic carbocycles. The summed E-state index contributed by atoms with van der Waals surface area (Å²) in [5, 5.41) is 13.1. The van der Waals surface area contributed by atoms with Crippen molar-refractivity contribution in [3.05, 3.63) is 46.8 Å². The van der Waals surface area contributed by atoms with Gasteiger partial charge in [0.15, 0.2) is 0 Å². The summed E-state index contributed by atoms with van der Waals surface area (Å²) >= 11 is 0. The van der Waals surface area contributed by atoms with Gasteiger partial charge in [-0.2, -0.15) is 0 Å². The number of hydrogen-bond acceptors (Lipinski definition) is 5. The van der Waals surface area contributed by atoms with E-state index in [0.717, 1.165) is 11.3 Å². The van der Waals surface area contributed by atoms with Crippen LogP contribution in [0.1, 0.15) is 40.2 Å². The van der Waals surface area contributed by atoms with Crippen LogP contribution in [0.15, 0.2) is 28.8 Å². The Morgan fingerprint density at radius 2 is 2.19 bits per heavy atom. The molecule has 1 aromatic heterocycles. The van der Waals surface area contributed by atoms with Crippen LogP contribution in [0.3, 0.4) is 0 Å². The first-order valence-corrected chi connectivity index (χ1v) is 8.62. The lowest BCUT2D eigenvalue weighted by atomic mass is 9.97. The standard InChI is InChI=1S/C19H22N2O5/c1-12-17(13(2)26-20-12)11-25-16-7-3-5-14(9-16)18(22)21-8-4-6-15(10-21)19(23)24/h3,5,7,9,15H,4,6,8,10-11H2,1-2H3,(H,23,24)/t15-/m1/s1. The molecule has 1 atom stereocenters. The normalized spacial score (nSPS) is 17.2. The second kappa shape index (κ2) is 7.59. The van der Waals surface area contributed by atoms with Gasteiger partial charge in [0.25, 0.3) is 5.91 Å². The molecule has 2 aromatic rings. The summed E-state index contributed by atoms with van der Waals surface area (Å²) in [6, 6.07) is 6.94. The summed E-state index contributed by atoms with van der Waals surface area (Å²) in [6.45, 7) is 4.81. The summed E-state index contributed by atoms with van der Waals surface area (Å²) in [5.41, 5.74) is 2.16. The van der Waals surface area contributed by atoms with Crippen molar-refractivity contribution in [3.63, 3.8) is 0 Å². The molecule has 0 aliphatic carbocycles. The van der Waals surface area contributed by atoms with Crippen molar-refractivity contribution >= 4 is 11.9 Å². The van der Waals surface area contributed by atoms with Gasteiger partial charge in [-0.15, -0.1) is 0 Å². The molecule has 1 saturated heterocycles. The van der Waals surface area contributed by atoms with Gasteiger partial charge in [0.2, 0.25) is 0 Å². The Kier molecular flexibility index (Phi) is 5.25. The van der Waals surface area contributed by atoms with E-state index in [1.165, 1.54) is 0 Å². The minimum absolute atomic E-state index is 0.168. The zero-order valence-electron chi connectivity index (χ0n) is 14.9. The zero-order valence-corrected chi connectivity index (χ0v) is 14.9. The van der Waals surface area contributed by atoms with Gasteiger partial charge in [-0.3, -0.25) is 9.59 Å². The first-order chi connectivity index (χ1) is 12.5. The average Bonchev–Trinajstić information content (AvgIpc) is 2.97. The Hall–Kier alpha value is -2.83. The Morgan fingerprint density at radius 1 is 1.38 bits per heavy atom.